The van der Waals surface area contributed by atoms with Crippen LogP contribution in [0.2, 0.25) is 5.15 Å². The summed E-state index contributed by atoms with van der Waals surface area (Å²) in [5.74, 6) is 0.716. The van der Waals surface area contributed by atoms with E-state index >= 15 is 0 Å². The summed E-state index contributed by atoms with van der Waals surface area (Å²) in [6.07, 6.45) is 0.985. The second-order valence-electron chi connectivity index (χ2n) is 4.07. The molecule has 0 radical (unpaired) electrons. The van der Waals surface area contributed by atoms with Crippen LogP contribution in [0, 0.1) is 6.92 Å². The van der Waals surface area contributed by atoms with Crippen molar-refractivity contribution in [1.29, 1.82) is 0 Å². The van der Waals surface area contributed by atoms with Crippen LogP contribution in [0.1, 0.15) is 12.2 Å². The van der Waals surface area contributed by atoms with Crippen LogP contribution in [-0.2, 0) is 4.74 Å². The van der Waals surface area contributed by atoms with Crippen molar-refractivity contribution in [3.63, 3.8) is 0 Å². The lowest BCUT2D eigenvalue weighted by Crippen LogP contribution is -2.19. The Morgan fingerprint density at radius 2 is 2.41 bits per heavy atom. The van der Waals surface area contributed by atoms with Crippen LogP contribution >= 0.6 is 11.6 Å². The van der Waals surface area contributed by atoms with E-state index in [1.165, 1.54) is 0 Å². The van der Waals surface area contributed by atoms with Crippen molar-refractivity contribution in [2.24, 2.45) is 0 Å². The van der Waals surface area contributed by atoms with E-state index in [2.05, 4.69) is 20.6 Å². The molecule has 7 heteroatoms. The van der Waals surface area contributed by atoms with E-state index < -0.39 is 0 Å². The number of halogens is 1. The van der Waals surface area contributed by atoms with E-state index in [-0.39, 0.29) is 0 Å². The lowest BCUT2D eigenvalue weighted by Gasteiger charge is -2.12. The molecule has 3 heterocycles. The lowest BCUT2D eigenvalue weighted by molar-refractivity contribution is 0.195. The van der Waals surface area contributed by atoms with Crippen molar-refractivity contribution >= 4 is 22.9 Å². The number of hydrogen-bond donors (Lipinski definition) is 1. The van der Waals surface area contributed by atoms with Crippen molar-refractivity contribution < 1.29 is 4.74 Å². The van der Waals surface area contributed by atoms with Gasteiger partial charge in [-0.2, -0.15) is 9.61 Å². The zero-order valence-electron chi connectivity index (χ0n) is 9.35. The third-order valence-corrected chi connectivity index (χ3v) is 2.97. The Bertz CT molecular complexity index is 549. The van der Waals surface area contributed by atoms with Gasteiger partial charge >= 0.3 is 0 Å². The van der Waals surface area contributed by atoms with Crippen LogP contribution in [0.15, 0.2) is 6.07 Å². The molecular weight excluding hydrogens is 242 g/mol. The number of ether oxygens (including phenoxy) is 1. The van der Waals surface area contributed by atoms with Gasteiger partial charge in [0.2, 0.25) is 5.65 Å². The summed E-state index contributed by atoms with van der Waals surface area (Å²) >= 11 is 5.98. The van der Waals surface area contributed by atoms with Crippen LogP contribution < -0.4 is 5.32 Å². The molecule has 1 N–H and O–H groups in total. The molecule has 1 fully saturated rings. The third kappa shape index (κ3) is 1.94. The highest BCUT2D eigenvalue weighted by Crippen LogP contribution is 2.21. The second kappa shape index (κ2) is 4.12. The maximum Gasteiger partial charge on any atom is 0.201 e. The highest BCUT2D eigenvalue weighted by atomic mass is 35.5. The Balaban J connectivity index is 2.02. The number of aromatic nitrogens is 4. The van der Waals surface area contributed by atoms with Gasteiger partial charge in [0.25, 0.3) is 0 Å². The molecule has 1 aliphatic rings. The number of fused-ring (bicyclic) bond motifs is 1. The average molecular weight is 254 g/mol. The van der Waals surface area contributed by atoms with Crippen molar-refractivity contribution in [3.8, 4) is 0 Å². The van der Waals surface area contributed by atoms with Crippen LogP contribution in [0.4, 0.5) is 5.69 Å². The summed E-state index contributed by atoms with van der Waals surface area (Å²) < 4.78 is 6.96. The molecule has 0 saturated carbocycles. The Hall–Kier alpha value is -1.40. The molecule has 3 rings (SSSR count). The van der Waals surface area contributed by atoms with Gasteiger partial charge in [0, 0.05) is 12.7 Å². The van der Waals surface area contributed by atoms with Crippen molar-refractivity contribution in [1.82, 2.24) is 19.8 Å². The Labute approximate surface area is 103 Å². The molecule has 1 atom stereocenters. The highest BCUT2D eigenvalue weighted by Gasteiger charge is 2.18. The Morgan fingerprint density at radius 3 is 3.18 bits per heavy atom. The number of anilines is 1. The van der Waals surface area contributed by atoms with E-state index in [0.717, 1.165) is 18.7 Å². The molecule has 0 unspecified atom stereocenters. The van der Waals surface area contributed by atoms with E-state index in [9.17, 15) is 0 Å². The van der Waals surface area contributed by atoms with E-state index in [0.29, 0.717) is 29.3 Å². The van der Waals surface area contributed by atoms with Crippen molar-refractivity contribution in [2.75, 3.05) is 18.5 Å². The number of rotatable bonds is 2. The maximum atomic E-state index is 5.98. The normalized spacial score (nSPS) is 20.0. The van der Waals surface area contributed by atoms with Gasteiger partial charge in [-0.1, -0.05) is 11.6 Å². The lowest BCUT2D eigenvalue weighted by atomic mass is 10.2. The molecule has 0 bridgehead atoms. The summed E-state index contributed by atoms with van der Waals surface area (Å²) in [6, 6.07) is 2.07. The minimum absolute atomic E-state index is 0.300. The van der Waals surface area contributed by atoms with Gasteiger partial charge in [-0.3, -0.25) is 0 Å². The maximum absolute atomic E-state index is 5.98. The van der Waals surface area contributed by atoms with E-state index in [4.69, 9.17) is 16.3 Å². The molecule has 17 heavy (non-hydrogen) atoms. The standard InChI is InChI=1S/C10H12ClN5O/c1-6-13-14-10-8(4-9(11)15-16(6)10)12-7-2-3-17-5-7/h4,7,12H,2-3,5H2,1H3/t7-/m0/s1. The molecule has 1 saturated heterocycles. The Morgan fingerprint density at radius 1 is 1.53 bits per heavy atom. The first-order valence-electron chi connectivity index (χ1n) is 5.47. The number of nitrogens with one attached hydrogen (secondary N) is 1. The zero-order chi connectivity index (χ0) is 11.8. The molecule has 0 aliphatic carbocycles. The second-order valence-corrected chi connectivity index (χ2v) is 4.46. The van der Waals surface area contributed by atoms with Gasteiger partial charge in [-0.25, -0.2) is 0 Å². The summed E-state index contributed by atoms with van der Waals surface area (Å²) in [7, 11) is 0. The van der Waals surface area contributed by atoms with Gasteiger partial charge in [-0.05, 0) is 13.3 Å². The topological polar surface area (TPSA) is 64.3 Å². The smallest absolute Gasteiger partial charge is 0.201 e. The molecule has 2 aromatic rings. The number of aryl methyl sites for hydroxylation is 1. The predicted molar refractivity (Wildman–Crippen MR) is 63.4 cm³/mol. The largest absolute Gasteiger partial charge is 0.379 e. The fourth-order valence-corrected chi connectivity index (χ4v) is 2.11. The molecule has 1 aliphatic heterocycles. The predicted octanol–water partition coefficient (Wildman–Crippen LogP) is 1.29. The number of hydrogen-bond acceptors (Lipinski definition) is 5. The number of nitrogens with zero attached hydrogens (tertiary/aromatic N) is 4. The minimum Gasteiger partial charge on any atom is -0.379 e. The molecule has 2 aromatic heterocycles. The van der Waals surface area contributed by atoms with Crippen LogP contribution in [-0.4, -0.2) is 39.1 Å². The third-order valence-electron chi connectivity index (χ3n) is 2.79. The molecule has 6 nitrogen and oxygen atoms in total. The molecule has 0 spiro atoms. The van der Waals surface area contributed by atoms with Gasteiger partial charge in [0.15, 0.2) is 11.0 Å². The molecule has 90 valence electrons. The van der Waals surface area contributed by atoms with Crippen molar-refractivity contribution in [3.05, 3.63) is 17.0 Å². The first-order valence-corrected chi connectivity index (χ1v) is 5.84. The molecule has 0 aromatic carbocycles. The van der Waals surface area contributed by atoms with Gasteiger partial charge in [0.1, 0.15) is 0 Å². The Kier molecular flexibility index (Phi) is 2.60. The van der Waals surface area contributed by atoms with E-state index in [1.54, 1.807) is 10.6 Å². The first-order chi connectivity index (χ1) is 8.24. The van der Waals surface area contributed by atoms with Crippen LogP contribution in [0.25, 0.3) is 5.65 Å². The van der Waals surface area contributed by atoms with Gasteiger partial charge in [-0.15, -0.1) is 10.2 Å². The summed E-state index contributed by atoms with van der Waals surface area (Å²) in [4.78, 5) is 0. The summed E-state index contributed by atoms with van der Waals surface area (Å²) in [5.41, 5.74) is 1.54. The minimum atomic E-state index is 0.300. The average Bonchev–Trinajstić information content (AvgIpc) is 2.90. The molecular formula is C10H12ClN5O. The van der Waals surface area contributed by atoms with Gasteiger partial charge < -0.3 is 10.1 Å². The first kappa shape index (κ1) is 10.7. The van der Waals surface area contributed by atoms with Crippen LogP contribution in [0.5, 0.6) is 0 Å². The van der Waals surface area contributed by atoms with Crippen LogP contribution in [0.3, 0.4) is 0 Å². The molecule has 0 amide bonds. The summed E-state index contributed by atoms with van der Waals surface area (Å²) in [5, 5.41) is 16.0. The summed E-state index contributed by atoms with van der Waals surface area (Å²) in [6.45, 7) is 3.34. The zero-order valence-corrected chi connectivity index (χ0v) is 10.1. The highest BCUT2D eigenvalue weighted by molar-refractivity contribution is 6.29. The SMILES string of the molecule is Cc1nnc2c(N[C@H]3CCOC3)cc(Cl)nn12. The fourth-order valence-electron chi connectivity index (χ4n) is 1.93. The monoisotopic (exact) mass is 253 g/mol. The van der Waals surface area contributed by atoms with Crippen molar-refractivity contribution in [2.45, 2.75) is 19.4 Å². The quantitative estimate of drug-likeness (QED) is 0.874. The van der Waals surface area contributed by atoms with E-state index in [1.807, 2.05) is 6.92 Å². The van der Waals surface area contributed by atoms with Gasteiger partial charge in [0.05, 0.1) is 18.3 Å². The fraction of sp³-hybridized carbons (Fsp3) is 0.500.